The third kappa shape index (κ3) is 2.10. The average Bonchev–Trinajstić information content (AvgIpc) is 2.96. The van der Waals surface area contributed by atoms with Gasteiger partial charge in [-0.2, -0.15) is 4.98 Å². The highest BCUT2D eigenvalue weighted by atomic mass is 15.3. The predicted octanol–water partition coefficient (Wildman–Crippen LogP) is 1.15. The maximum atomic E-state index is 4.49. The summed E-state index contributed by atoms with van der Waals surface area (Å²) >= 11 is 0. The van der Waals surface area contributed by atoms with Crippen LogP contribution in [0.25, 0.3) is 11.2 Å². The number of anilines is 1. The van der Waals surface area contributed by atoms with Crippen molar-refractivity contribution in [2.45, 2.75) is 18.9 Å². The molecule has 1 atom stereocenters. The standard InChI is InChI=1S/C12H17N5/c1-17(8-9-4-2-6-13-9)12-15-10-5-3-7-14-11(10)16-12/h3,5,7,9,13H,2,4,6,8H2,1H3,(H,14,15,16)/t9-/m1/s1. The normalized spacial score (nSPS) is 19.9. The number of hydrogen-bond donors (Lipinski definition) is 2. The van der Waals surface area contributed by atoms with E-state index in [0.29, 0.717) is 6.04 Å². The van der Waals surface area contributed by atoms with Crippen LogP contribution in [-0.2, 0) is 0 Å². The quantitative estimate of drug-likeness (QED) is 0.832. The van der Waals surface area contributed by atoms with E-state index >= 15 is 0 Å². The Bertz CT molecular complexity index is 467. The minimum Gasteiger partial charge on any atom is -0.344 e. The molecule has 1 saturated heterocycles. The van der Waals surface area contributed by atoms with Crippen molar-refractivity contribution in [1.29, 1.82) is 0 Å². The highest BCUT2D eigenvalue weighted by Gasteiger charge is 2.17. The zero-order valence-corrected chi connectivity index (χ0v) is 9.98. The second kappa shape index (κ2) is 4.33. The molecular formula is C12H17N5. The number of hydrogen-bond acceptors (Lipinski definition) is 4. The van der Waals surface area contributed by atoms with Crippen LogP contribution in [0.3, 0.4) is 0 Å². The number of likely N-dealkylation sites (N-methyl/N-ethyl adjacent to an activating group) is 1. The molecule has 0 saturated carbocycles. The summed E-state index contributed by atoms with van der Waals surface area (Å²) in [4.78, 5) is 14.2. The fourth-order valence-corrected chi connectivity index (χ4v) is 2.34. The first-order valence-electron chi connectivity index (χ1n) is 6.08. The van der Waals surface area contributed by atoms with Crippen LogP contribution in [-0.4, -0.2) is 41.1 Å². The summed E-state index contributed by atoms with van der Waals surface area (Å²) < 4.78 is 0. The average molecular weight is 231 g/mol. The number of fused-ring (bicyclic) bond motifs is 1. The van der Waals surface area contributed by atoms with Gasteiger partial charge >= 0.3 is 0 Å². The van der Waals surface area contributed by atoms with Gasteiger partial charge in [-0.3, -0.25) is 0 Å². The Hall–Kier alpha value is -1.62. The first-order chi connectivity index (χ1) is 8.33. The van der Waals surface area contributed by atoms with E-state index in [9.17, 15) is 0 Å². The maximum Gasteiger partial charge on any atom is 0.205 e. The third-order valence-corrected chi connectivity index (χ3v) is 3.26. The van der Waals surface area contributed by atoms with E-state index in [1.807, 2.05) is 12.1 Å². The Morgan fingerprint density at radius 3 is 3.24 bits per heavy atom. The Kier molecular flexibility index (Phi) is 2.68. The molecule has 1 aliphatic heterocycles. The molecule has 0 aliphatic carbocycles. The monoisotopic (exact) mass is 231 g/mol. The summed E-state index contributed by atoms with van der Waals surface area (Å²) in [7, 11) is 2.07. The van der Waals surface area contributed by atoms with Crippen molar-refractivity contribution < 1.29 is 0 Å². The predicted molar refractivity (Wildman–Crippen MR) is 68.2 cm³/mol. The van der Waals surface area contributed by atoms with Crippen LogP contribution in [0.5, 0.6) is 0 Å². The molecule has 2 N–H and O–H groups in total. The highest BCUT2D eigenvalue weighted by Crippen LogP contribution is 2.15. The number of aromatic nitrogens is 3. The zero-order valence-electron chi connectivity index (χ0n) is 9.98. The Labute approximate surface area is 100 Å². The molecule has 0 amide bonds. The van der Waals surface area contributed by atoms with E-state index in [-0.39, 0.29) is 0 Å². The molecule has 1 fully saturated rings. The van der Waals surface area contributed by atoms with Crippen molar-refractivity contribution >= 4 is 17.1 Å². The fraction of sp³-hybridized carbons (Fsp3) is 0.500. The van der Waals surface area contributed by atoms with Crippen LogP contribution in [0.4, 0.5) is 5.95 Å². The molecule has 5 heteroatoms. The van der Waals surface area contributed by atoms with Gasteiger partial charge in [0, 0.05) is 25.8 Å². The van der Waals surface area contributed by atoms with Gasteiger partial charge in [-0.15, -0.1) is 0 Å². The fourth-order valence-electron chi connectivity index (χ4n) is 2.34. The Morgan fingerprint density at radius 2 is 2.47 bits per heavy atom. The summed E-state index contributed by atoms with van der Waals surface area (Å²) in [5.74, 6) is 0.896. The van der Waals surface area contributed by atoms with Crippen LogP contribution in [0.2, 0.25) is 0 Å². The van der Waals surface area contributed by atoms with E-state index in [1.165, 1.54) is 12.8 Å². The van der Waals surface area contributed by atoms with E-state index in [4.69, 9.17) is 0 Å². The van der Waals surface area contributed by atoms with E-state index < -0.39 is 0 Å². The second-order valence-corrected chi connectivity index (χ2v) is 4.61. The number of rotatable bonds is 3. The summed E-state index contributed by atoms with van der Waals surface area (Å²) in [5.41, 5.74) is 1.78. The maximum absolute atomic E-state index is 4.49. The van der Waals surface area contributed by atoms with Crippen LogP contribution in [0.15, 0.2) is 18.3 Å². The lowest BCUT2D eigenvalue weighted by Crippen LogP contribution is -2.35. The van der Waals surface area contributed by atoms with Crippen molar-refractivity contribution in [3.8, 4) is 0 Å². The van der Waals surface area contributed by atoms with Gasteiger partial charge in [-0.25, -0.2) is 4.98 Å². The second-order valence-electron chi connectivity index (χ2n) is 4.61. The highest BCUT2D eigenvalue weighted by molar-refractivity contribution is 5.73. The molecular weight excluding hydrogens is 214 g/mol. The summed E-state index contributed by atoms with van der Waals surface area (Å²) in [5, 5.41) is 3.49. The molecule has 3 rings (SSSR count). The van der Waals surface area contributed by atoms with Crippen LogP contribution in [0, 0.1) is 0 Å². The van der Waals surface area contributed by atoms with Gasteiger partial charge in [0.25, 0.3) is 0 Å². The third-order valence-electron chi connectivity index (χ3n) is 3.26. The SMILES string of the molecule is CN(C[C@H]1CCCN1)c1nc2ncccc2[nH]1. The lowest BCUT2D eigenvalue weighted by Gasteiger charge is -2.20. The molecule has 0 bridgehead atoms. The summed E-state index contributed by atoms with van der Waals surface area (Å²) in [6.07, 6.45) is 4.30. The molecule has 0 unspecified atom stereocenters. The molecule has 90 valence electrons. The topological polar surface area (TPSA) is 56.8 Å². The number of H-pyrrole nitrogens is 1. The first kappa shape index (κ1) is 10.5. The van der Waals surface area contributed by atoms with Gasteiger partial charge in [-0.1, -0.05) is 0 Å². The van der Waals surface area contributed by atoms with E-state index in [1.54, 1.807) is 6.20 Å². The van der Waals surface area contributed by atoms with Crippen LogP contribution < -0.4 is 10.2 Å². The molecule has 17 heavy (non-hydrogen) atoms. The first-order valence-corrected chi connectivity index (χ1v) is 6.08. The molecule has 0 spiro atoms. The Morgan fingerprint density at radius 1 is 1.53 bits per heavy atom. The molecule has 0 radical (unpaired) electrons. The lowest BCUT2D eigenvalue weighted by molar-refractivity contribution is 0.595. The zero-order chi connectivity index (χ0) is 11.7. The van der Waals surface area contributed by atoms with Gasteiger partial charge in [0.05, 0.1) is 5.52 Å². The van der Waals surface area contributed by atoms with Crippen molar-refractivity contribution in [2.24, 2.45) is 0 Å². The molecule has 2 aromatic heterocycles. The molecule has 5 nitrogen and oxygen atoms in total. The number of nitrogens with one attached hydrogen (secondary N) is 2. The van der Waals surface area contributed by atoms with E-state index in [2.05, 4.69) is 32.2 Å². The Balaban J connectivity index is 1.77. The van der Waals surface area contributed by atoms with Crippen molar-refractivity contribution in [3.05, 3.63) is 18.3 Å². The molecule has 0 aromatic carbocycles. The summed E-state index contributed by atoms with van der Waals surface area (Å²) in [6.45, 7) is 2.13. The number of pyridine rings is 1. The van der Waals surface area contributed by atoms with Crippen molar-refractivity contribution in [1.82, 2.24) is 20.3 Å². The van der Waals surface area contributed by atoms with E-state index in [0.717, 1.165) is 30.2 Å². The molecule has 2 aromatic rings. The van der Waals surface area contributed by atoms with Gasteiger partial charge in [0.15, 0.2) is 5.65 Å². The number of imidazole rings is 1. The van der Waals surface area contributed by atoms with Gasteiger partial charge < -0.3 is 15.2 Å². The molecule has 1 aliphatic rings. The van der Waals surface area contributed by atoms with Gasteiger partial charge in [-0.05, 0) is 31.5 Å². The minimum atomic E-state index is 0.584. The van der Waals surface area contributed by atoms with Gasteiger partial charge in [0.1, 0.15) is 0 Å². The smallest absolute Gasteiger partial charge is 0.205 e. The van der Waals surface area contributed by atoms with Crippen LogP contribution in [0.1, 0.15) is 12.8 Å². The largest absolute Gasteiger partial charge is 0.344 e. The van der Waals surface area contributed by atoms with Crippen molar-refractivity contribution in [2.75, 3.05) is 25.0 Å². The minimum absolute atomic E-state index is 0.584. The lowest BCUT2D eigenvalue weighted by atomic mass is 10.2. The molecule has 3 heterocycles. The summed E-state index contributed by atoms with van der Waals surface area (Å²) in [6, 6.07) is 4.50. The van der Waals surface area contributed by atoms with Crippen molar-refractivity contribution in [3.63, 3.8) is 0 Å². The van der Waals surface area contributed by atoms with Gasteiger partial charge in [0.2, 0.25) is 5.95 Å². The number of aromatic amines is 1. The number of nitrogens with zero attached hydrogens (tertiary/aromatic N) is 3. The van der Waals surface area contributed by atoms with Crippen LogP contribution >= 0.6 is 0 Å².